The average molecular weight is 271 g/mol. The molecule has 1 amide bonds. The van der Waals surface area contributed by atoms with Crippen molar-refractivity contribution in [2.75, 3.05) is 19.0 Å². The second kappa shape index (κ2) is 6.61. The maximum absolute atomic E-state index is 11.8. The summed E-state index contributed by atoms with van der Waals surface area (Å²) in [5, 5.41) is 2.81. The monoisotopic (exact) mass is 271 g/mol. The summed E-state index contributed by atoms with van der Waals surface area (Å²) in [4.78, 5) is 11.8. The summed E-state index contributed by atoms with van der Waals surface area (Å²) in [5.41, 5.74) is 1.82. The first-order valence-electron chi connectivity index (χ1n) is 6.31. The Balaban J connectivity index is 1.87. The Kier molecular flexibility index (Phi) is 4.60. The zero-order valence-corrected chi connectivity index (χ0v) is 11.6. The van der Waals surface area contributed by atoms with Crippen molar-refractivity contribution >= 4 is 11.6 Å². The molecule has 20 heavy (non-hydrogen) atoms. The summed E-state index contributed by atoms with van der Waals surface area (Å²) in [5.74, 6) is 1.20. The van der Waals surface area contributed by atoms with Gasteiger partial charge in [-0.3, -0.25) is 4.79 Å². The van der Waals surface area contributed by atoms with Crippen LogP contribution in [0, 0.1) is 6.92 Å². The molecule has 0 saturated heterocycles. The topological polar surface area (TPSA) is 47.6 Å². The number of hydrogen-bond donors (Lipinski definition) is 1. The molecule has 1 N–H and O–H groups in total. The highest BCUT2D eigenvalue weighted by molar-refractivity contribution is 5.92. The third-order valence-corrected chi connectivity index (χ3v) is 2.85. The van der Waals surface area contributed by atoms with E-state index < -0.39 is 0 Å². The number of rotatable bonds is 5. The molecule has 2 rings (SSSR count). The summed E-state index contributed by atoms with van der Waals surface area (Å²) < 4.78 is 10.5. The largest absolute Gasteiger partial charge is 0.497 e. The number of carbonyl (C=O) groups is 1. The average Bonchev–Trinajstić information content (AvgIpc) is 2.48. The molecule has 0 unspecified atom stereocenters. The van der Waals surface area contributed by atoms with Crippen molar-refractivity contribution < 1.29 is 14.3 Å². The van der Waals surface area contributed by atoms with Crippen LogP contribution in [0.2, 0.25) is 0 Å². The minimum atomic E-state index is -0.185. The predicted molar refractivity (Wildman–Crippen MR) is 78.3 cm³/mol. The van der Waals surface area contributed by atoms with Crippen molar-refractivity contribution in [2.45, 2.75) is 6.92 Å². The van der Waals surface area contributed by atoms with Crippen LogP contribution in [-0.2, 0) is 4.79 Å². The van der Waals surface area contributed by atoms with E-state index in [-0.39, 0.29) is 12.5 Å². The zero-order chi connectivity index (χ0) is 14.4. The van der Waals surface area contributed by atoms with E-state index in [9.17, 15) is 4.79 Å². The number of hydrogen-bond acceptors (Lipinski definition) is 3. The minimum absolute atomic E-state index is 0.0271. The van der Waals surface area contributed by atoms with E-state index in [0.717, 1.165) is 17.0 Å². The fraction of sp³-hybridized carbons (Fsp3) is 0.188. The molecular formula is C16H17NO3. The summed E-state index contributed by atoms with van der Waals surface area (Å²) in [6.45, 7) is 1.92. The summed E-state index contributed by atoms with van der Waals surface area (Å²) in [6.07, 6.45) is 0. The van der Waals surface area contributed by atoms with E-state index in [2.05, 4.69) is 5.32 Å². The van der Waals surface area contributed by atoms with Gasteiger partial charge in [-0.25, -0.2) is 0 Å². The Morgan fingerprint density at radius 2 is 1.70 bits per heavy atom. The third-order valence-electron chi connectivity index (χ3n) is 2.85. The van der Waals surface area contributed by atoms with Gasteiger partial charge < -0.3 is 14.8 Å². The molecule has 0 aliphatic heterocycles. The third kappa shape index (κ3) is 3.75. The highest BCUT2D eigenvalue weighted by Gasteiger charge is 2.05. The van der Waals surface area contributed by atoms with Crippen molar-refractivity contribution in [3.05, 3.63) is 54.1 Å². The van der Waals surface area contributed by atoms with Gasteiger partial charge in [0.1, 0.15) is 11.5 Å². The van der Waals surface area contributed by atoms with Gasteiger partial charge in [0, 0.05) is 5.69 Å². The van der Waals surface area contributed by atoms with Crippen LogP contribution >= 0.6 is 0 Å². The lowest BCUT2D eigenvalue weighted by atomic mass is 10.2. The fourth-order valence-corrected chi connectivity index (χ4v) is 1.72. The zero-order valence-electron chi connectivity index (χ0n) is 11.6. The van der Waals surface area contributed by atoms with E-state index in [1.54, 1.807) is 31.4 Å². The lowest BCUT2D eigenvalue weighted by Crippen LogP contribution is -2.20. The Morgan fingerprint density at radius 3 is 2.35 bits per heavy atom. The van der Waals surface area contributed by atoms with Crippen LogP contribution in [0.5, 0.6) is 11.5 Å². The molecule has 0 spiro atoms. The van der Waals surface area contributed by atoms with Gasteiger partial charge in [0.15, 0.2) is 6.61 Å². The Bertz CT molecular complexity index is 579. The molecule has 4 heteroatoms. The molecule has 0 fully saturated rings. The van der Waals surface area contributed by atoms with Crippen LogP contribution in [0.1, 0.15) is 5.56 Å². The molecule has 104 valence electrons. The summed E-state index contributed by atoms with van der Waals surface area (Å²) >= 11 is 0. The van der Waals surface area contributed by atoms with Crippen LogP contribution in [0.15, 0.2) is 48.5 Å². The number of anilines is 1. The van der Waals surface area contributed by atoms with E-state index in [1.807, 2.05) is 31.2 Å². The van der Waals surface area contributed by atoms with Gasteiger partial charge in [-0.15, -0.1) is 0 Å². The number of benzene rings is 2. The number of carbonyl (C=O) groups excluding carboxylic acids is 1. The standard InChI is InChI=1S/C16H17NO3/c1-12-5-3-4-6-15(12)17-16(18)11-20-14-9-7-13(19-2)8-10-14/h3-10H,11H2,1-2H3,(H,17,18). The van der Waals surface area contributed by atoms with E-state index >= 15 is 0 Å². The fourth-order valence-electron chi connectivity index (χ4n) is 1.72. The lowest BCUT2D eigenvalue weighted by Gasteiger charge is -2.09. The van der Waals surface area contributed by atoms with Crippen LogP contribution in [0.3, 0.4) is 0 Å². The SMILES string of the molecule is COc1ccc(OCC(=O)Nc2ccccc2C)cc1. The molecule has 0 radical (unpaired) electrons. The highest BCUT2D eigenvalue weighted by atomic mass is 16.5. The van der Waals surface area contributed by atoms with Gasteiger partial charge in [-0.05, 0) is 42.8 Å². The quantitative estimate of drug-likeness (QED) is 0.909. The van der Waals surface area contributed by atoms with Gasteiger partial charge in [0.2, 0.25) is 0 Å². The maximum atomic E-state index is 11.8. The van der Waals surface area contributed by atoms with E-state index in [4.69, 9.17) is 9.47 Å². The van der Waals surface area contributed by atoms with Crippen molar-refractivity contribution in [1.29, 1.82) is 0 Å². The van der Waals surface area contributed by atoms with E-state index in [1.165, 1.54) is 0 Å². The van der Waals surface area contributed by atoms with Crippen molar-refractivity contribution in [2.24, 2.45) is 0 Å². The van der Waals surface area contributed by atoms with Gasteiger partial charge >= 0.3 is 0 Å². The summed E-state index contributed by atoms with van der Waals surface area (Å²) in [7, 11) is 1.60. The van der Waals surface area contributed by atoms with Crippen LogP contribution < -0.4 is 14.8 Å². The second-order valence-electron chi connectivity index (χ2n) is 4.33. The second-order valence-corrected chi connectivity index (χ2v) is 4.33. The Morgan fingerprint density at radius 1 is 1.05 bits per heavy atom. The number of aryl methyl sites for hydroxylation is 1. The maximum Gasteiger partial charge on any atom is 0.262 e. The molecule has 0 aromatic heterocycles. The number of para-hydroxylation sites is 1. The molecule has 0 bridgehead atoms. The molecule has 0 aliphatic rings. The molecule has 2 aromatic rings. The molecule has 2 aromatic carbocycles. The van der Waals surface area contributed by atoms with Crippen molar-refractivity contribution in [3.8, 4) is 11.5 Å². The van der Waals surface area contributed by atoms with Crippen LogP contribution in [0.25, 0.3) is 0 Å². The first-order chi connectivity index (χ1) is 9.69. The van der Waals surface area contributed by atoms with E-state index in [0.29, 0.717) is 5.75 Å². The molecular weight excluding hydrogens is 254 g/mol. The van der Waals surface area contributed by atoms with Crippen molar-refractivity contribution in [3.63, 3.8) is 0 Å². The smallest absolute Gasteiger partial charge is 0.262 e. The number of amides is 1. The Hall–Kier alpha value is -2.49. The normalized spacial score (nSPS) is 9.90. The molecule has 0 heterocycles. The van der Waals surface area contributed by atoms with Crippen LogP contribution in [0.4, 0.5) is 5.69 Å². The number of ether oxygens (including phenoxy) is 2. The van der Waals surface area contributed by atoms with Gasteiger partial charge in [0.05, 0.1) is 7.11 Å². The van der Waals surface area contributed by atoms with Gasteiger partial charge in [-0.2, -0.15) is 0 Å². The lowest BCUT2D eigenvalue weighted by molar-refractivity contribution is -0.118. The predicted octanol–water partition coefficient (Wildman–Crippen LogP) is 3.02. The van der Waals surface area contributed by atoms with Crippen LogP contribution in [-0.4, -0.2) is 19.6 Å². The number of nitrogens with one attached hydrogen (secondary N) is 1. The molecule has 4 nitrogen and oxygen atoms in total. The summed E-state index contributed by atoms with van der Waals surface area (Å²) in [6, 6.07) is 14.7. The van der Waals surface area contributed by atoms with Gasteiger partial charge in [-0.1, -0.05) is 18.2 Å². The number of methoxy groups -OCH3 is 1. The molecule has 0 atom stereocenters. The highest BCUT2D eigenvalue weighted by Crippen LogP contribution is 2.17. The molecule has 0 saturated carbocycles. The molecule has 0 aliphatic carbocycles. The Labute approximate surface area is 118 Å². The minimum Gasteiger partial charge on any atom is -0.497 e. The first kappa shape index (κ1) is 13.9. The van der Waals surface area contributed by atoms with Crippen molar-refractivity contribution in [1.82, 2.24) is 0 Å². The van der Waals surface area contributed by atoms with Gasteiger partial charge in [0.25, 0.3) is 5.91 Å². The first-order valence-corrected chi connectivity index (χ1v) is 6.31.